The molecule has 0 aromatic heterocycles. The van der Waals surface area contributed by atoms with Crippen LogP contribution in [0.15, 0.2) is 24.3 Å². The highest BCUT2D eigenvalue weighted by Crippen LogP contribution is 2.13. The predicted octanol–water partition coefficient (Wildman–Crippen LogP) is 2.65. The number of rotatable bonds is 5. The summed E-state index contributed by atoms with van der Waals surface area (Å²) in [7, 11) is 0. The molecule has 0 aliphatic rings. The van der Waals surface area contributed by atoms with Crippen molar-refractivity contribution in [3.05, 3.63) is 34.9 Å². The van der Waals surface area contributed by atoms with E-state index in [2.05, 4.69) is 5.32 Å². The molecule has 1 N–H and O–H groups in total. The topological polar surface area (TPSA) is 49.4 Å². The van der Waals surface area contributed by atoms with Crippen LogP contribution < -0.4 is 5.32 Å². The van der Waals surface area contributed by atoms with Gasteiger partial charge in [0, 0.05) is 24.0 Å². The predicted molar refractivity (Wildman–Crippen MR) is 85.3 cm³/mol. The third-order valence-electron chi connectivity index (χ3n) is 3.14. The first-order chi connectivity index (χ1) is 9.70. The highest BCUT2D eigenvalue weighted by Gasteiger charge is 2.25. The van der Waals surface area contributed by atoms with Crippen molar-refractivity contribution in [2.24, 2.45) is 0 Å². The summed E-state index contributed by atoms with van der Waals surface area (Å²) in [4.78, 5) is 25.1. The molecule has 0 unspecified atom stereocenters. The number of carbonyl (C=O) groups excluding carboxylic acids is 2. The van der Waals surface area contributed by atoms with Gasteiger partial charge in [0.1, 0.15) is 6.54 Å². The average Bonchev–Trinajstić information content (AvgIpc) is 2.36. The van der Waals surface area contributed by atoms with E-state index < -0.39 is 0 Å². The molecular formula is C16H23ClN2O2. The van der Waals surface area contributed by atoms with E-state index >= 15 is 0 Å². The van der Waals surface area contributed by atoms with Crippen LogP contribution >= 0.6 is 11.6 Å². The van der Waals surface area contributed by atoms with Crippen LogP contribution in [0, 0.1) is 0 Å². The summed E-state index contributed by atoms with van der Waals surface area (Å²) < 4.78 is 0. The van der Waals surface area contributed by atoms with Crippen molar-refractivity contribution in [1.29, 1.82) is 0 Å². The summed E-state index contributed by atoms with van der Waals surface area (Å²) in [5, 5.41) is 3.54. The van der Waals surface area contributed by atoms with Crippen LogP contribution in [0.3, 0.4) is 0 Å². The fraction of sp³-hybridized carbons (Fsp3) is 0.500. The molecule has 0 heterocycles. The van der Waals surface area contributed by atoms with E-state index in [9.17, 15) is 9.59 Å². The minimum Gasteiger partial charge on any atom is -0.354 e. The second-order valence-corrected chi connectivity index (χ2v) is 6.44. The molecule has 0 bridgehead atoms. The van der Waals surface area contributed by atoms with Crippen LogP contribution in [0.1, 0.15) is 33.3 Å². The lowest BCUT2D eigenvalue weighted by Gasteiger charge is -2.34. The van der Waals surface area contributed by atoms with Crippen molar-refractivity contribution in [3.8, 4) is 0 Å². The molecule has 5 heteroatoms. The first-order valence-corrected chi connectivity index (χ1v) is 7.37. The molecule has 116 valence electrons. The van der Waals surface area contributed by atoms with Gasteiger partial charge in [-0.3, -0.25) is 9.59 Å². The number of nitrogens with one attached hydrogen (secondary N) is 1. The summed E-state index contributed by atoms with van der Waals surface area (Å²) in [5.41, 5.74) is 0.748. The van der Waals surface area contributed by atoms with Crippen LogP contribution in [0.2, 0.25) is 5.02 Å². The molecule has 1 aromatic rings. The van der Waals surface area contributed by atoms with Gasteiger partial charge in [0.2, 0.25) is 11.8 Å². The molecule has 0 saturated carbocycles. The number of hydrogen-bond acceptors (Lipinski definition) is 2. The van der Waals surface area contributed by atoms with Gasteiger partial charge in [-0.05, 0) is 44.9 Å². The van der Waals surface area contributed by atoms with E-state index in [1.165, 1.54) is 6.92 Å². The highest BCUT2D eigenvalue weighted by atomic mass is 35.5. The fourth-order valence-corrected chi connectivity index (χ4v) is 2.14. The Bertz CT molecular complexity index is 492. The van der Waals surface area contributed by atoms with Crippen molar-refractivity contribution in [1.82, 2.24) is 10.2 Å². The Balaban J connectivity index is 2.43. The van der Waals surface area contributed by atoms with E-state index in [-0.39, 0.29) is 23.9 Å². The summed E-state index contributed by atoms with van der Waals surface area (Å²) in [5.74, 6) is -0.246. The Morgan fingerprint density at radius 3 is 2.24 bits per heavy atom. The lowest BCUT2D eigenvalue weighted by atomic mass is 10.1. The van der Waals surface area contributed by atoms with Crippen LogP contribution in [-0.2, 0) is 16.0 Å². The molecule has 21 heavy (non-hydrogen) atoms. The Labute approximate surface area is 131 Å². The van der Waals surface area contributed by atoms with E-state index in [0.29, 0.717) is 11.6 Å². The molecule has 0 atom stereocenters. The molecule has 0 saturated heterocycles. The van der Waals surface area contributed by atoms with Crippen LogP contribution in [0.5, 0.6) is 0 Å². The molecule has 0 aliphatic carbocycles. The third-order valence-corrected chi connectivity index (χ3v) is 3.39. The van der Waals surface area contributed by atoms with Gasteiger partial charge >= 0.3 is 0 Å². The van der Waals surface area contributed by atoms with Gasteiger partial charge in [-0.25, -0.2) is 0 Å². The molecule has 4 nitrogen and oxygen atoms in total. The third kappa shape index (κ3) is 6.17. The SMILES string of the molecule is CC(=O)N(CC(=O)NCCc1ccc(Cl)cc1)C(C)(C)C. The lowest BCUT2D eigenvalue weighted by Crippen LogP contribution is -2.49. The van der Waals surface area contributed by atoms with Crippen molar-refractivity contribution in [2.75, 3.05) is 13.1 Å². The maximum Gasteiger partial charge on any atom is 0.239 e. The normalized spacial score (nSPS) is 11.1. The Hall–Kier alpha value is -1.55. The first-order valence-electron chi connectivity index (χ1n) is 6.99. The summed E-state index contributed by atoms with van der Waals surface area (Å²) in [6.45, 7) is 7.84. The Morgan fingerprint density at radius 2 is 1.76 bits per heavy atom. The molecular weight excluding hydrogens is 288 g/mol. The van der Waals surface area contributed by atoms with E-state index in [1.54, 1.807) is 4.90 Å². The molecule has 2 amide bonds. The summed E-state index contributed by atoms with van der Waals surface area (Å²) in [6, 6.07) is 7.53. The Kier molecular flexibility index (Phi) is 6.21. The molecule has 0 radical (unpaired) electrons. The first kappa shape index (κ1) is 17.5. The van der Waals surface area contributed by atoms with E-state index in [0.717, 1.165) is 12.0 Å². The summed E-state index contributed by atoms with van der Waals surface area (Å²) in [6.07, 6.45) is 0.735. The zero-order chi connectivity index (χ0) is 16.0. The second-order valence-electron chi connectivity index (χ2n) is 6.00. The molecule has 0 aliphatic heterocycles. The maximum absolute atomic E-state index is 11.9. The lowest BCUT2D eigenvalue weighted by molar-refractivity contribution is -0.138. The van der Waals surface area contributed by atoms with Gasteiger partial charge in [-0.2, -0.15) is 0 Å². The number of benzene rings is 1. The smallest absolute Gasteiger partial charge is 0.239 e. The maximum atomic E-state index is 11.9. The molecule has 0 fully saturated rings. The van der Waals surface area contributed by atoms with Crippen LogP contribution in [0.25, 0.3) is 0 Å². The number of carbonyl (C=O) groups is 2. The number of amides is 2. The standard InChI is InChI=1S/C16H23ClN2O2/c1-12(20)19(16(2,3)4)11-15(21)18-10-9-13-5-7-14(17)8-6-13/h5-8H,9-11H2,1-4H3,(H,18,21). The van der Waals surface area contributed by atoms with Crippen LogP contribution in [-0.4, -0.2) is 35.3 Å². The van der Waals surface area contributed by atoms with Gasteiger partial charge in [-0.15, -0.1) is 0 Å². The fourth-order valence-electron chi connectivity index (χ4n) is 2.02. The van der Waals surface area contributed by atoms with Gasteiger partial charge in [0.05, 0.1) is 0 Å². The second kappa shape index (κ2) is 7.46. The number of hydrogen-bond donors (Lipinski definition) is 1. The van der Waals surface area contributed by atoms with Crippen molar-refractivity contribution < 1.29 is 9.59 Å². The zero-order valence-electron chi connectivity index (χ0n) is 13.1. The van der Waals surface area contributed by atoms with E-state index in [1.807, 2.05) is 45.0 Å². The summed E-state index contributed by atoms with van der Waals surface area (Å²) >= 11 is 5.82. The van der Waals surface area contributed by atoms with Crippen molar-refractivity contribution in [3.63, 3.8) is 0 Å². The zero-order valence-corrected chi connectivity index (χ0v) is 13.8. The molecule has 0 spiro atoms. The van der Waals surface area contributed by atoms with Crippen molar-refractivity contribution in [2.45, 2.75) is 39.7 Å². The highest BCUT2D eigenvalue weighted by molar-refractivity contribution is 6.30. The Morgan fingerprint density at radius 1 is 1.19 bits per heavy atom. The van der Waals surface area contributed by atoms with Gasteiger partial charge < -0.3 is 10.2 Å². The molecule has 1 rings (SSSR count). The van der Waals surface area contributed by atoms with E-state index in [4.69, 9.17) is 11.6 Å². The number of nitrogens with zero attached hydrogens (tertiary/aromatic N) is 1. The average molecular weight is 311 g/mol. The molecule has 1 aromatic carbocycles. The van der Waals surface area contributed by atoms with Gasteiger partial charge in [0.25, 0.3) is 0 Å². The van der Waals surface area contributed by atoms with Crippen LogP contribution in [0.4, 0.5) is 0 Å². The van der Waals surface area contributed by atoms with Gasteiger partial charge in [0.15, 0.2) is 0 Å². The minimum absolute atomic E-state index is 0.0828. The van der Waals surface area contributed by atoms with Gasteiger partial charge in [-0.1, -0.05) is 23.7 Å². The minimum atomic E-state index is -0.362. The number of halogens is 1. The quantitative estimate of drug-likeness (QED) is 0.909. The largest absolute Gasteiger partial charge is 0.354 e. The van der Waals surface area contributed by atoms with Crippen molar-refractivity contribution >= 4 is 23.4 Å². The monoisotopic (exact) mass is 310 g/mol.